The van der Waals surface area contributed by atoms with E-state index in [2.05, 4.69) is 24.2 Å². The van der Waals surface area contributed by atoms with Crippen LogP contribution in [0.15, 0.2) is 24.3 Å². The molecule has 0 amide bonds. The van der Waals surface area contributed by atoms with Gasteiger partial charge in [0.1, 0.15) is 5.82 Å². The number of hydrogen-bond donors (Lipinski definition) is 1. The Balaban J connectivity index is 1.90. The topological polar surface area (TPSA) is 15.3 Å². The fourth-order valence-corrected chi connectivity index (χ4v) is 3.62. The largest absolute Gasteiger partial charge is 0.316 e. The first kappa shape index (κ1) is 16.4. The van der Waals surface area contributed by atoms with Gasteiger partial charge in [0.15, 0.2) is 0 Å². The molecule has 1 aliphatic carbocycles. The maximum Gasteiger partial charge on any atom is 0.123 e. The Kier molecular flexibility index (Phi) is 6.19. The molecule has 1 aromatic rings. The van der Waals surface area contributed by atoms with Gasteiger partial charge >= 0.3 is 0 Å². The maximum absolute atomic E-state index is 13.3. The van der Waals surface area contributed by atoms with Crippen LogP contribution in [0.3, 0.4) is 0 Å². The molecule has 0 atom stereocenters. The second kappa shape index (κ2) is 7.90. The van der Waals surface area contributed by atoms with Crippen molar-refractivity contribution in [3.05, 3.63) is 35.6 Å². The van der Waals surface area contributed by atoms with E-state index in [1.165, 1.54) is 38.2 Å². The SMILES string of the molecule is CCCNCC1(CN(C)Cc2cccc(F)c2)CCCC1. The molecule has 0 radical (unpaired) electrons. The van der Waals surface area contributed by atoms with Crippen molar-refractivity contribution in [1.82, 2.24) is 10.2 Å². The van der Waals surface area contributed by atoms with Gasteiger partial charge in [-0.25, -0.2) is 4.39 Å². The second-order valence-electron chi connectivity index (χ2n) is 6.69. The lowest BCUT2D eigenvalue weighted by Crippen LogP contribution is -2.41. The minimum atomic E-state index is -0.138. The molecular weight excluding hydrogens is 263 g/mol. The molecule has 1 N–H and O–H groups in total. The highest BCUT2D eigenvalue weighted by Gasteiger charge is 2.34. The smallest absolute Gasteiger partial charge is 0.123 e. The summed E-state index contributed by atoms with van der Waals surface area (Å²) in [4.78, 5) is 2.35. The van der Waals surface area contributed by atoms with Crippen molar-refractivity contribution in [1.29, 1.82) is 0 Å². The fourth-order valence-electron chi connectivity index (χ4n) is 3.62. The Hall–Kier alpha value is -0.930. The van der Waals surface area contributed by atoms with E-state index in [1.807, 2.05) is 6.07 Å². The molecule has 0 unspecified atom stereocenters. The van der Waals surface area contributed by atoms with Crippen LogP contribution in [0.1, 0.15) is 44.6 Å². The summed E-state index contributed by atoms with van der Waals surface area (Å²) >= 11 is 0. The van der Waals surface area contributed by atoms with E-state index in [0.717, 1.165) is 31.7 Å². The van der Waals surface area contributed by atoms with Crippen LogP contribution >= 0.6 is 0 Å². The van der Waals surface area contributed by atoms with Crippen LogP contribution in [0.2, 0.25) is 0 Å². The van der Waals surface area contributed by atoms with Crippen LogP contribution in [0.4, 0.5) is 4.39 Å². The van der Waals surface area contributed by atoms with E-state index in [-0.39, 0.29) is 5.82 Å². The first-order valence-corrected chi connectivity index (χ1v) is 8.27. The monoisotopic (exact) mass is 292 g/mol. The molecular formula is C18H29FN2. The zero-order chi connectivity index (χ0) is 15.1. The lowest BCUT2D eigenvalue weighted by molar-refractivity contribution is 0.168. The Bertz CT molecular complexity index is 427. The Morgan fingerprint density at radius 1 is 1.29 bits per heavy atom. The van der Waals surface area contributed by atoms with Crippen molar-refractivity contribution >= 4 is 0 Å². The predicted octanol–water partition coefficient (Wildman–Crippen LogP) is 3.82. The minimum absolute atomic E-state index is 0.138. The van der Waals surface area contributed by atoms with E-state index >= 15 is 0 Å². The third kappa shape index (κ3) is 5.08. The number of nitrogens with zero attached hydrogens (tertiary/aromatic N) is 1. The summed E-state index contributed by atoms with van der Waals surface area (Å²) in [7, 11) is 2.16. The summed E-state index contributed by atoms with van der Waals surface area (Å²) in [6.45, 7) is 6.36. The lowest BCUT2D eigenvalue weighted by Gasteiger charge is -2.34. The van der Waals surface area contributed by atoms with Gasteiger partial charge in [0, 0.05) is 19.6 Å². The molecule has 0 heterocycles. The summed E-state index contributed by atoms with van der Waals surface area (Å²) in [6, 6.07) is 6.96. The molecule has 2 rings (SSSR count). The third-order valence-corrected chi connectivity index (χ3v) is 4.54. The average molecular weight is 292 g/mol. The summed E-state index contributed by atoms with van der Waals surface area (Å²) < 4.78 is 13.3. The standard InChI is InChI=1S/C18H29FN2/c1-3-11-20-14-18(9-4-5-10-18)15-21(2)13-16-7-6-8-17(19)12-16/h6-8,12,20H,3-5,9-11,13-15H2,1-2H3. The molecule has 2 nitrogen and oxygen atoms in total. The van der Waals surface area contributed by atoms with Gasteiger partial charge in [0.05, 0.1) is 0 Å². The van der Waals surface area contributed by atoms with Crippen LogP contribution in [0.25, 0.3) is 0 Å². The highest BCUT2D eigenvalue weighted by molar-refractivity contribution is 5.16. The molecule has 21 heavy (non-hydrogen) atoms. The summed E-state index contributed by atoms with van der Waals surface area (Å²) in [5.74, 6) is -0.138. The molecule has 0 aromatic heterocycles. The van der Waals surface area contributed by atoms with Gasteiger partial charge in [0.2, 0.25) is 0 Å². The van der Waals surface area contributed by atoms with Gasteiger partial charge < -0.3 is 10.2 Å². The second-order valence-corrected chi connectivity index (χ2v) is 6.69. The highest BCUT2D eigenvalue weighted by Crippen LogP contribution is 2.38. The van der Waals surface area contributed by atoms with Crippen molar-refractivity contribution in [3.63, 3.8) is 0 Å². The molecule has 3 heteroatoms. The van der Waals surface area contributed by atoms with E-state index in [1.54, 1.807) is 12.1 Å². The molecule has 1 aliphatic rings. The van der Waals surface area contributed by atoms with Gasteiger partial charge in [-0.05, 0) is 56.0 Å². The molecule has 0 bridgehead atoms. The Morgan fingerprint density at radius 3 is 2.71 bits per heavy atom. The first-order valence-electron chi connectivity index (χ1n) is 8.27. The lowest BCUT2D eigenvalue weighted by atomic mass is 9.85. The van der Waals surface area contributed by atoms with E-state index in [4.69, 9.17) is 0 Å². The summed E-state index contributed by atoms with van der Waals surface area (Å²) in [5, 5.41) is 3.61. The third-order valence-electron chi connectivity index (χ3n) is 4.54. The predicted molar refractivity (Wildman–Crippen MR) is 86.8 cm³/mol. The van der Waals surface area contributed by atoms with Crippen molar-refractivity contribution < 1.29 is 4.39 Å². The summed E-state index contributed by atoms with van der Waals surface area (Å²) in [6.07, 6.45) is 6.52. The summed E-state index contributed by atoms with van der Waals surface area (Å²) in [5.41, 5.74) is 1.48. The van der Waals surface area contributed by atoms with Crippen molar-refractivity contribution in [2.24, 2.45) is 5.41 Å². The first-order chi connectivity index (χ1) is 10.1. The molecule has 1 saturated carbocycles. The van der Waals surface area contributed by atoms with E-state index in [0.29, 0.717) is 5.41 Å². The van der Waals surface area contributed by atoms with Gasteiger partial charge in [-0.3, -0.25) is 0 Å². The van der Waals surface area contributed by atoms with Gasteiger partial charge in [-0.15, -0.1) is 0 Å². The minimum Gasteiger partial charge on any atom is -0.316 e. The zero-order valence-corrected chi connectivity index (χ0v) is 13.5. The van der Waals surface area contributed by atoms with Crippen LogP contribution in [0, 0.1) is 11.2 Å². The number of rotatable bonds is 8. The number of hydrogen-bond acceptors (Lipinski definition) is 2. The van der Waals surface area contributed by atoms with Gasteiger partial charge in [0.25, 0.3) is 0 Å². The molecule has 0 saturated heterocycles. The van der Waals surface area contributed by atoms with Crippen LogP contribution in [-0.4, -0.2) is 31.6 Å². The average Bonchev–Trinajstić information content (AvgIpc) is 2.87. The normalized spacial score (nSPS) is 17.5. The maximum atomic E-state index is 13.3. The van der Waals surface area contributed by atoms with E-state index in [9.17, 15) is 4.39 Å². The quantitative estimate of drug-likeness (QED) is 0.733. The van der Waals surface area contributed by atoms with Gasteiger partial charge in [-0.1, -0.05) is 31.9 Å². The number of benzene rings is 1. The van der Waals surface area contributed by atoms with Crippen LogP contribution in [0.5, 0.6) is 0 Å². The number of halogens is 1. The molecule has 1 aromatic carbocycles. The molecule has 1 fully saturated rings. The van der Waals surface area contributed by atoms with Crippen molar-refractivity contribution in [3.8, 4) is 0 Å². The molecule has 0 spiro atoms. The van der Waals surface area contributed by atoms with Crippen LogP contribution in [-0.2, 0) is 6.54 Å². The fraction of sp³-hybridized carbons (Fsp3) is 0.667. The Morgan fingerprint density at radius 2 is 2.05 bits per heavy atom. The van der Waals surface area contributed by atoms with Gasteiger partial charge in [-0.2, -0.15) is 0 Å². The number of nitrogens with one attached hydrogen (secondary N) is 1. The highest BCUT2D eigenvalue weighted by atomic mass is 19.1. The molecule has 0 aliphatic heterocycles. The Labute approximate surface area is 128 Å². The zero-order valence-electron chi connectivity index (χ0n) is 13.5. The van der Waals surface area contributed by atoms with Crippen molar-refractivity contribution in [2.75, 3.05) is 26.7 Å². The van der Waals surface area contributed by atoms with Crippen molar-refractivity contribution in [2.45, 2.75) is 45.6 Å². The molecule has 118 valence electrons. The van der Waals surface area contributed by atoms with E-state index < -0.39 is 0 Å². The van der Waals surface area contributed by atoms with Crippen LogP contribution < -0.4 is 5.32 Å².